The van der Waals surface area contributed by atoms with Gasteiger partial charge in [0.25, 0.3) is 5.24 Å². The first-order valence-electron chi connectivity index (χ1n) is 13.2. The van der Waals surface area contributed by atoms with Gasteiger partial charge in [-0.15, -0.1) is 0 Å². The van der Waals surface area contributed by atoms with Crippen LogP contribution in [0.1, 0.15) is 35.5 Å². The fraction of sp³-hybridized carbons (Fsp3) is 0.156. The minimum Gasteiger partial charge on any atom is -0.508 e. The molecule has 2 amide bonds. The number of nitrogens with zero attached hydrogens (tertiary/aromatic N) is 1. The number of nitrogens with one attached hydrogen (secondary N) is 2. The number of hydrogen-bond donors (Lipinski definition) is 3. The highest BCUT2D eigenvalue weighted by Gasteiger charge is 2.31. The molecule has 206 valence electrons. The van der Waals surface area contributed by atoms with E-state index in [1.807, 2.05) is 91.9 Å². The van der Waals surface area contributed by atoms with Crippen LogP contribution in [-0.2, 0) is 17.6 Å². The van der Waals surface area contributed by atoms with Gasteiger partial charge in [-0.2, -0.15) is 0 Å². The summed E-state index contributed by atoms with van der Waals surface area (Å²) in [4.78, 5) is 31.2. The lowest BCUT2D eigenvalue weighted by atomic mass is 10.0. The number of thioether (sulfide) groups is 1. The number of aromatic amines is 1. The number of rotatable bonds is 9. The third kappa shape index (κ3) is 6.20. The molecule has 3 N–H and O–H groups in total. The number of carbonyl (C=O) groups is 2. The van der Waals surface area contributed by atoms with Gasteiger partial charge in [-0.25, -0.2) is 4.98 Å². The van der Waals surface area contributed by atoms with E-state index >= 15 is 0 Å². The molecule has 0 saturated carbocycles. The number of aromatic nitrogens is 2. The van der Waals surface area contributed by atoms with Crippen molar-refractivity contribution >= 4 is 33.9 Å². The highest BCUT2D eigenvalue weighted by Crippen LogP contribution is 2.31. The smallest absolute Gasteiger partial charge is 0.286 e. The molecular formula is C32H27N3O5S. The van der Waals surface area contributed by atoms with Crippen LogP contribution >= 0.6 is 11.8 Å². The largest absolute Gasteiger partial charge is 0.508 e. The third-order valence-corrected chi connectivity index (χ3v) is 7.79. The molecule has 1 saturated heterocycles. The van der Waals surface area contributed by atoms with E-state index in [0.717, 1.165) is 39.5 Å². The molecule has 0 aliphatic carbocycles. The van der Waals surface area contributed by atoms with Gasteiger partial charge in [0.1, 0.15) is 28.8 Å². The lowest BCUT2D eigenvalue weighted by Crippen LogP contribution is -2.25. The van der Waals surface area contributed by atoms with Crippen LogP contribution in [0.3, 0.4) is 0 Å². The van der Waals surface area contributed by atoms with Crippen LogP contribution < -0.4 is 14.8 Å². The van der Waals surface area contributed by atoms with Crippen LogP contribution in [0.15, 0.2) is 91.0 Å². The van der Waals surface area contributed by atoms with Crippen molar-refractivity contribution in [1.82, 2.24) is 15.3 Å². The second kappa shape index (κ2) is 11.4. The number of fused-ring (bicyclic) bond motifs is 1. The zero-order chi connectivity index (χ0) is 28.3. The Balaban J connectivity index is 1.09. The van der Waals surface area contributed by atoms with Crippen LogP contribution in [0.25, 0.3) is 11.0 Å². The van der Waals surface area contributed by atoms with Crippen molar-refractivity contribution in [3.05, 3.63) is 114 Å². The van der Waals surface area contributed by atoms with Gasteiger partial charge in [0.05, 0.1) is 16.3 Å². The summed E-state index contributed by atoms with van der Waals surface area (Å²) < 4.78 is 12.1. The highest BCUT2D eigenvalue weighted by molar-refractivity contribution is 8.15. The minimum atomic E-state index is -0.401. The topological polar surface area (TPSA) is 114 Å². The number of phenols is 1. The average Bonchev–Trinajstić information content (AvgIpc) is 3.53. The van der Waals surface area contributed by atoms with E-state index in [9.17, 15) is 14.7 Å². The Labute approximate surface area is 240 Å². The van der Waals surface area contributed by atoms with Gasteiger partial charge in [0.15, 0.2) is 6.10 Å². The van der Waals surface area contributed by atoms with Crippen molar-refractivity contribution in [2.24, 2.45) is 0 Å². The molecule has 0 radical (unpaired) electrons. The van der Waals surface area contributed by atoms with E-state index in [-0.39, 0.29) is 23.0 Å². The number of amides is 2. The lowest BCUT2D eigenvalue weighted by molar-refractivity contribution is -0.118. The number of imidazole rings is 1. The van der Waals surface area contributed by atoms with E-state index in [2.05, 4.69) is 15.3 Å². The Morgan fingerprint density at radius 2 is 1.63 bits per heavy atom. The molecule has 1 aromatic heterocycles. The number of benzene rings is 4. The number of carbonyl (C=O) groups excluding carboxylic acids is 2. The van der Waals surface area contributed by atoms with Gasteiger partial charge in [-0.3, -0.25) is 14.9 Å². The quantitative estimate of drug-likeness (QED) is 0.183. The molecule has 1 aliphatic rings. The molecule has 9 heteroatoms. The Bertz CT molecular complexity index is 1720. The second-order valence-corrected chi connectivity index (χ2v) is 11.0. The number of ether oxygens (including phenoxy) is 2. The zero-order valence-corrected chi connectivity index (χ0v) is 23.0. The molecule has 2 heterocycles. The zero-order valence-electron chi connectivity index (χ0n) is 22.2. The van der Waals surface area contributed by atoms with Crippen LogP contribution in [0, 0.1) is 0 Å². The van der Waals surface area contributed by atoms with Crippen molar-refractivity contribution < 1.29 is 24.2 Å². The predicted octanol–water partition coefficient (Wildman–Crippen LogP) is 6.69. The molecule has 0 bridgehead atoms. The highest BCUT2D eigenvalue weighted by atomic mass is 32.2. The summed E-state index contributed by atoms with van der Waals surface area (Å²) in [7, 11) is 0. The lowest BCUT2D eigenvalue weighted by Gasteiger charge is -2.13. The van der Waals surface area contributed by atoms with Gasteiger partial charge >= 0.3 is 0 Å². The van der Waals surface area contributed by atoms with E-state index < -0.39 is 5.25 Å². The van der Waals surface area contributed by atoms with Crippen molar-refractivity contribution in [1.29, 1.82) is 0 Å². The average molecular weight is 566 g/mol. The van der Waals surface area contributed by atoms with Crippen molar-refractivity contribution in [2.75, 3.05) is 0 Å². The Hall–Kier alpha value is -4.76. The monoisotopic (exact) mass is 565 g/mol. The number of imide groups is 1. The molecule has 1 fully saturated rings. The van der Waals surface area contributed by atoms with E-state index in [1.165, 1.54) is 0 Å². The van der Waals surface area contributed by atoms with Crippen molar-refractivity contribution in [3.8, 4) is 23.0 Å². The van der Waals surface area contributed by atoms with Crippen molar-refractivity contribution in [2.45, 2.75) is 31.1 Å². The van der Waals surface area contributed by atoms with Crippen LogP contribution in [0.4, 0.5) is 4.79 Å². The first-order chi connectivity index (χ1) is 19.9. The predicted molar refractivity (Wildman–Crippen MR) is 158 cm³/mol. The molecule has 4 aromatic carbocycles. The minimum absolute atomic E-state index is 0.188. The van der Waals surface area contributed by atoms with E-state index in [4.69, 9.17) is 9.47 Å². The van der Waals surface area contributed by atoms with E-state index in [1.54, 1.807) is 6.07 Å². The molecule has 2 atom stereocenters. The Morgan fingerprint density at radius 1 is 0.902 bits per heavy atom. The maximum absolute atomic E-state index is 11.8. The number of hydrogen-bond acceptors (Lipinski definition) is 7. The number of H-pyrrole nitrogens is 1. The number of phenolic OH excluding ortho intramolecular Hbond substituents is 1. The van der Waals surface area contributed by atoms with E-state index in [0.29, 0.717) is 35.9 Å². The van der Waals surface area contributed by atoms with Crippen LogP contribution in [0.5, 0.6) is 23.0 Å². The first kappa shape index (κ1) is 26.5. The van der Waals surface area contributed by atoms with Gasteiger partial charge < -0.3 is 19.6 Å². The van der Waals surface area contributed by atoms with Gasteiger partial charge in [0.2, 0.25) is 5.91 Å². The Kier molecular flexibility index (Phi) is 7.35. The fourth-order valence-corrected chi connectivity index (χ4v) is 5.54. The molecule has 5 aromatic rings. The summed E-state index contributed by atoms with van der Waals surface area (Å²) >= 11 is 1.02. The third-order valence-electron chi connectivity index (χ3n) is 6.81. The maximum atomic E-state index is 11.8. The summed E-state index contributed by atoms with van der Waals surface area (Å²) in [6.07, 6.45) is 0.769. The molecule has 41 heavy (non-hydrogen) atoms. The number of aromatic hydroxyl groups is 1. The molecule has 1 aliphatic heterocycles. The summed E-state index contributed by atoms with van der Waals surface area (Å²) in [6.45, 7) is 1.91. The van der Waals surface area contributed by atoms with Gasteiger partial charge in [-0.05, 0) is 60.4 Å². The SMILES string of the molecule is CC(Oc1ccc(CC2SC(=O)NC2=O)cc1)c1nc2ccc(Oc3ccc(Cc4ccccc4)c(O)c3)cc2[nH]1. The molecule has 0 spiro atoms. The van der Waals surface area contributed by atoms with Crippen molar-refractivity contribution in [3.63, 3.8) is 0 Å². The van der Waals surface area contributed by atoms with Gasteiger partial charge in [-0.1, -0.05) is 60.3 Å². The standard InChI is InChI=1S/C32H27N3O5S/c1-19(39-23-10-7-21(8-11-23)16-29-31(37)35-32(38)41-29)30-33-26-14-13-24(17-27(26)34-30)40-25-12-9-22(28(36)18-25)15-20-5-3-2-4-6-20/h2-14,17-19,29,36H,15-16H2,1H3,(H,33,34)(H,35,37,38). The second-order valence-electron chi connectivity index (χ2n) is 9.85. The summed E-state index contributed by atoms with van der Waals surface area (Å²) in [6, 6.07) is 28.4. The molecule has 2 unspecified atom stereocenters. The Morgan fingerprint density at radius 3 is 2.37 bits per heavy atom. The van der Waals surface area contributed by atoms with Crippen LogP contribution in [0.2, 0.25) is 0 Å². The molecular weight excluding hydrogens is 538 g/mol. The summed E-state index contributed by atoms with van der Waals surface area (Å²) in [5.41, 5.74) is 4.48. The van der Waals surface area contributed by atoms with Gasteiger partial charge in [0, 0.05) is 18.6 Å². The molecule has 6 rings (SSSR count). The summed E-state index contributed by atoms with van der Waals surface area (Å²) in [5.74, 6) is 2.43. The normalized spacial score (nSPS) is 15.6. The summed E-state index contributed by atoms with van der Waals surface area (Å²) in [5, 5.41) is 12.2. The first-order valence-corrected chi connectivity index (χ1v) is 14.1. The fourth-order valence-electron chi connectivity index (χ4n) is 4.68. The molecule has 8 nitrogen and oxygen atoms in total. The van der Waals surface area contributed by atoms with Crippen LogP contribution in [-0.4, -0.2) is 31.5 Å². The maximum Gasteiger partial charge on any atom is 0.286 e.